The average molecular weight is 295 g/mol. The summed E-state index contributed by atoms with van der Waals surface area (Å²) in [6.07, 6.45) is 0. The van der Waals surface area contributed by atoms with Gasteiger partial charge in [0.1, 0.15) is 11.6 Å². The Balaban J connectivity index is 2.19. The third-order valence-corrected chi connectivity index (χ3v) is 2.97. The highest BCUT2D eigenvalue weighted by molar-refractivity contribution is 6.30. The molecule has 5 heteroatoms. The zero-order valence-corrected chi connectivity index (χ0v) is 12.2. The quantitative estimate of drug-likeness (QED) is 0.902. The summed E-state index contributed by atoms with van der Waals surface area (Å²) in [5.41, 5.74) is 1.95. The van der Waals surface area contributed by atoms with E-state index in [0.717, 1.165) is 24.3 Å². The SMILES string of the molecule is CCNCc1cc(C)nc(Oc2ccc(F)c(Cl)c2)c1. The highest BCUT2D eigenvalue weighted by atomic mass is 35.5. The van der Waals surface area contributed by atoms with E-state index in [1.165, 1.54) is 18.2 Å². The molecule has 2 rings (SSSR count). The molecule has 0 aliphatic carbocycles. The third kappa shape index (κ3) is 3.92. The lowest BCUT2D eigenvalue weighted by Crippen LogP contribution is -2.12. The third-order valence-electron chi connectivity index (χ3n) is 2.68. The number of rotatable bonds is 5. The molecule has 0 aliphatic heterocycles. The Bertz CT molecular complexity index is 604. The van der Waals surface area contributed by atoms with Gasteiger partial charge in [0.05, 0.1) is 5.02 Å². The topological polar surface area (TPSA) is 34.2 Å². The Hall–Kier alpha value is -1.65. The normalized spacial score (nSPS) is 10.6. The van der Waals surface area contributed by atoms with Crippen LogP contribution in [-0.4, -0.2) is 11.5 Å². The zero-order valence-electron chi connectivity index (χ0n) is 11.4. The van der Waals surface area contributed by atoms with E-state index in [1.54, 1.807) is 0 Å². The summed E-state index contributed by atoms with van der Waals surface area (Å²) >= 11 is 5.73. The molecule has 0 aliphatic rings. The van der Waals surface area contributed by atoms with Crippen LogP contribution in [0.5, 0.6) is 11.6 Å². The van der Waals surface area contributed by atoms with Gasteiger partial charge in [0.25, 0.3) is 0 Å². The van der Waals surface area contributed by atoms with Gasteiger partial charge in [0, 0.05) is 24.4 Å². The first-order valence-electron chi connectivity index (χ1n) is 6.39. The summed E-state index contributed by atoms with van der Waals surface area (Å²) in [6.45, 7) is 5.59. The summed E-state index contributed by atoms with van der Waals surface area (Å²) in [5.74, 6) is 0.466. The van der Waals surface area contributed by atoms with Gasteiger partial charge in [0.2, 0.25) is 5.88 Å². The number of aryl methyl sites for hydroxylation is 1. The molecule has 0 fully saturated rings. The van der Waals surface area contributed by atoms with Crippen molar-refractivity contribution in [3.63, 3.8) is 0 Å². The first-order chi connectivity index (χ1) is 9.58. The second-order valence-corrected chi connectivity index (χ2v) is 4.82. The number of nitrogens with zero attached hydrogens (tertiary/aromatic N) is 1. The Kier molecular flexibility index (Phi) is 4.93. The summed E-state index contributed by atoms with van der Waals surface area (Å²) < 4.78 is 18.7. The van der Waals surface area contributed by atoms with Gasteiger partial charge in [-0.2, -0.15) is 0 Å². The van der Waals surface area contributed by atoms with Crippen molar-refractivity contribution in [3.05, 3.63) is 52.4 Å². The predicted molar refractivity (Wildman–Crippen MR) is 77.8 cm³/mol. The van der Waals surface area contributed by atoms with Crippen LogP contribution in [0.4, 0.5) is 4.39 Å². The van der Waals surface area contributed by atoms with E-state index in [9.17, 15) is 4.39 Å². The summed E-state index contributed by atoms with van der Waals surface area (Å²) in [5, 5.41) is 3.28. The van der Waals surface area contributed by atoms with Crippen molar-refractivity contribution in [1.29, 1.82) is 0 Å². The van der Waals surface area contributed by atoms with Gasteiger partial charge in [-0.25, -0.2) is 9.37 Å². The predicted octanol–water partition coefficient (Wildman–Crippen LogP) is 4.08. The van der Waals surface area contributed by atoms with Crippen molar-refractivity contribution in [2.24, 2.45) is 0 Å². The molecule has 0 unspecified atom stereocenters. The summed E-state index contributed by atoms with van der Waals surface area (Å²) in [7, 11) is 0. The smallest absolute Gasteiger partial charge is 0.219 e. The molecule has 1 N–H and O–H groups in total. The van der Waals surface area contributed by atoms with Gasteiger partial charge in [-0.3, -0.25) is 0 Å². The monoisotopic (exact) mass is 294 g/mol. The van der Waals surface area contributed by atoms with E-state index >= 15 is 0 Å². The van der Waals surface area contributed by atoms with Crippen molar-refractivity contribution < 1.29 is 9.13 Å². The van der Waals surface area contributed by atoms with Gasteiger partial charge < -0.3 is 10.1 Å². The van der Waals surface area contributed by atoms with Crippen molar-refractivity contribution in [2.75, 3.05) is 6.54 Å². The van der Waals surface area contributed by atoms with Gasteiger partial charge in [-0.15, -0.1) is 0 Å². The molecule has 1 aromatic heterocycles. The largest absolute Gasteiger partial charge is 0.439 e. The fourth-order valence-electron chi connectivity index (χ4n) is 1.79. The summed E-state index contributed by atoms with van der Waals surface area (Å²) in [4.78, 5) is 4.30. The molecule has 3 nitrogen and oxygen atoms in total. The molecule has 0 saturated carbocycles. The second-order valence-electron chi connectivity index (χ2n) is 4.41. The van der Waals surface area contributed by atoms with Crippen molar-refractivity contribution in [3.8, 4) is 11.6 Å². The molecule has 0 radical (unpaired) electrons. The van der Waals surface area contributed by atoms with E-state index in [4.69, 9.17) is 16.3 Å². The Labute approximate surface area is 122 Å². The minimum Gasteiger partial charge on any atom is -0.439 e. The maximum atomic E-state index is 13.1. The van der Waals surface area contributed by atoms with Gasteiger partial charge in [0.15, 0.2) is 0 Å². The molecule has 0 saturated heterocycles. The lowest BCUT2D eigenvalue weighted by molar-refractivity contribution is 0.459. The van der Waals surface area contributed by atoms with E-state index < -0.39 is 5.82 Å². The fourth-order valence-corrected chi connectivity index (χ4v) is 1.96. The van der Waals surface area contributed by atoms with Crippen LogP contribution in [0.3, 0.4) is 0 Å². The molecule has 106 valence electrons. The molecule has 1 aromatic carbocycles. The molecule has 0 spiro atoms. The van der Waals surface area contributed by atoms with Crippen LogP contribution < -0.4 is 10.1 Å². The molecule has 0 amide bonds. The van der Waals surface area contributed by atoms with E-state index in [0.29, 0.717) is 11.6 Å². The van der Waals surface area contributed by atoms with Crippen molar-refractivity contribution in [1.82, 2.24) is 10.3 Å². The van der Waals surface area contributed by atoms with Crippen LogP contribution in [0, 0.1) is 12.7 Å². The highest BCUT2D eigenvalue weighted by Gasteiger charge is 2.06. The fraction of sp³-hybridized carbons (Fsp3) is 0.267. The molecule has 0 bridgehead atoms. The number of hydrogen-bond acceptors (Lipinski definition) is 3. The zero-order chi connectivity index (χ0) is 14.5. The van der Waals surface area contributed by atoms with Crippen LogP contribution in [0.15, 0.2) is 30.3 Å². The van der Waals surface area contributed by atoms with Gasteiger partial charge in [-0.05, 0) is 37.2 Å². The molecular weight excluding hydrogens is 279 g/mol. The van der Waals surface area contributed by atoms with E-state index in [2.05, 4.69) is 10.3 Å². The molecule has 1 heterocycles. The average Bonchev–Trinajstić information content (AvgIpc) is 2.40. The van der Waals surface area contributed by atoms with Crippen LogP contribution >= 0.6 is 11.6 Å². The minimum atomic E-state index is -0.468. The number of ether oxygens (including phenoxy) is 1. The number of pyridine rings is 1. The first-order valence-corrected chi connectivity index (χ1v) is 6.77. The second kappa shape index (κ2) is 6.68. The standard InChI is InChI=1S/C15H16ClFN2O/c1-3-18-9-11-6-10(2)19-15(7-11)20-12-4-5-14(17)13(16)8-12/h4-8,18H,3,9H2,1-2H3. The van der Waals surface area contributed by atoms with Crippen LogP contribution in [0.2, 0.25) is 5.02 Å². The van der Waals surface area contributed by atoms with Gasteiger partial charge >= 0.3 is 0 Å². The lowest BCUT2D eigenvalue weighted by atomic mass is 10.2. The van der Waals surface area contributed by atoms with Crippen LogP contribution in [0.25, 0.3) is 0 Å². The minimum absolute atomic E-state index is 0.0306. The molecule has 0 atom stereocenters. The first kappa shape index (κ1) is 14.8. The summed E-state index contributed by atoms with van der Waals surface area (Å²) in [6, 6.07) is 8.08. The number of hydrogen-bond donors (Lipinski definition) is 1. The maximum absolute atomic E-state index is 13.1. The van der Waals surface area contributed by atoms with Crippen LogP contribution in [0.1, 0.15) is 18.2 Å². The highest BCUT2D eigenvalue weighted by Crippen LogP contribution is 2.25. The number of nitrogens with one attached hydrogen (secondary N) is 1. The Morgan fingerprint density at radius 1 is 1.30 bits per heavy atom. The van der Waals surface area contributed by atoms with Crippen molar-refractivity contribution in [2.45, 2.75) is 20.4 Å². The Morgan fingerprint density at radius 3 is 2.80 bits per heavy atom. The lowest BCUT2D eigenvalue weighted by Gasteiger charge is -2.09. The Morgan fingerprint density at radius 2 is 2.10 bits per heavy atom. The number of aromatic nitrogens is 1. The molecule has 2 aromatic rings. The number of benzene rings is 1. The maximum Gasteiger partial charge on any atom is 0.219 e. The van der Waals surface area contributed by atoms with Gasteiger partial charge in [-0.1, -0.05) is 18.5 Å². The van der Waals surface area contributed by atoms with E-state index in [-0.39, 0.29) is 5.02 Å². The van der Waals surface area contributed by atoms with Crippen molar-refractivity contribution >= 4 is 11.6 Å². The van der Waals surface area contributed by atoms with Crippen LogP contribution in [-0.2, 0) is 6.54 Å². The molecular formula is C15H16ClFN2O. The van der Waals surface area contributed by atoms with E-state index in [1.807, 2.05) is 26.0 Å². The number of halogens is 2. The molecule has 20 heavy (non-hydrogen) atoms.